The predicted molar refractivity (Wildman–Crippen MR) is 95.2 cm³/mol. The van der Waals surface area contributed by atoms with Gasteiger partial charge in [0.05, 0.1) is 6.61 Å². The minimum atomic E-state index is 0.824. The lowest BCUT2D eigenvalue weighted by Gasteiger charge is -2.15. The molecule has 0 fully saturated rings. The molecule has 0 spiro atoms. The zero-order valence-electron chi connectivity index (χ0n) is 12.8. The number of ether oxygens (including phenoxy) is 1. The Balaban J connectivity index is 1.54. The van der Waals surface area contributed by atoms with E-state index < -0.39 is 0 Å². The number of hydrogen-bond acceptors (Lipinski definition) is 2. The van der Waals surface area contributed by atoms with Gasteiger partial charge in [-0.15, -0.1) is 0 Å². The first kappa shape index (κ1) is 15.3. The first-order valence-electron chi connectivity index (χ1n) is 7.56. The van der Waals surface area contributed by atoms with Crippen LogP contribution in [0.4, 0.5) is 0 Å². The molecule has 1 aliphatic rings. The Morgan fingerprint density at radius 3 is 2.82 bits per heavy atom. The average Bonchev–Trinajstić information content (AvgIpc) is 2.97. The zero-order chi connectivity index (χ0) is 15.4. The molecule has 3 heteroatoms. The molecule has 0 N–H and O–H groups in total. The lowest BCUT2D eigenvalue weighted by atomic mass is 10.1. The van der Waals surface area contributed by atoms with E-state index in [1.165, 1.54) is 16.7 Å². The standard InChI is InChI=1S/C19H20BrNO/c1-21(11-2-3-15-4-7-18(20)8-5-15)14-16-6-9-19-17(13-16)10-12-22-19/h2-9,13H,10-12,14H2,1H3. The van der Waals surface area contributed by atoms with Crippen LogP contribution in [0.5, 0.6) is 5.75 Å². The molecule has 1 heterocycles. The van der Waals surface area contributed by atoms with Crippen LogP contribution in [0, 0.1) is 0 Å². The Kier molecular flexibility index (Phi) is 4.96. The van der Waals surface area contributed by atoms with Gasteiger partial charge in [0.25, 0.3) is 0 Å². The van der Waals surface area contributed by atoms with Crippen LogP contribution < -0.4 is 4.74 Å². The molecule has 114 valence electrons. The Morgan fingerprint density at radius 1 is 1.18 bits per heavy atom. The normalized spacial score (nSPS) is 13.6. The summed E-state index contributed by atoms with van der Waals surface area (Å²) >= 11 is 3.45. The molecule has 0 saturated heterocycles. The Labute approximate surface area is 140 Å². The second-order valence-electron chi connectivity index (χ2n) is 5.69. The molecule has 0 unspecified atom stereocenters. The van der Waals surface area contributed by atoms with Crippen molar-refractivity contribution in [2.24, 2.45) is 0 Å². The van der Waals surface area contributed by atoms with Crippen molar-refractivity contribution >= 4 is 22.0 Å². The van der Waals surface area contributed by atoms with Gasteiger partial charge in [-0.05, 0) is 41.9 Å². The van der Waals surface area contributed by atoms with Gasteiger partial charge in [-0.2, -0.15) is 0 Å². The van der Waals surface area contributed by atoms with Gasteiger partial charge in [-0.25, -0.2) is 0 Å². The second-order valence-corrected chi connectivity index (χ2v) is 6.61. The summed E-state index contributed by atoms with van der Waals surface area (Å²) in [6.45, 7) is 2.71. The highest BCUT2D eigenvalue weighted by atomic mass is 79.9. The number of hydrogen-bond donors (Lipinski definition) is 0. The molecule has 2 aromatic carbocycles. The van der Waals surface area contributed by atoms with E-state index in [0.717, 1.165) is 36.3 Å². The van der Waals surface area contributed by atoms with Crippen LogP contribution in [0.1, 0.15) is 16.7 Å². The molecule has 0 saturated carbocycles. The van der Waals surface area contributed by atoms with Crippen molar-refractivity contribution in [2.75, 3.05) is 20.2 Å². The molecular weight excluding hydrogens is 338 g/mol. The Bertz CT molecular complexity index is 664. The first-order valence-corrected chi connectivity index (χ1v) is 8.35. The maximum atomic E-state index is 5.55. The monoisotopic (exact) mass is 357 g/mol. The lowest BCUT2D eigenvalue weighted by Crippen LogP contribution is -2.17. The topological polar surface area (TPSA) is 12.5 Å². The van der Waals surface area contributed by atoms with E-state index in [1.807, 2.05) is 0 Å². The summed E-state index contributed by atoms with van der Waals surface area (Å²) in [5, 5.41) is 0. The van der Waals surface area contributed by atoms with Crippen molar-refractivity contribution in [3.8, 4) is 5.75 Å². The summed E-state index contributed by atoms with van der Waals surface area (Å²) in [6, 6.07) is 14.9. The van der Waals surface area contributed by atoms with Crippen molar-refractivity contribution in [3.05, 3.63) is 69.7 Å². The summed E-state index contributed by atoms with van der Waals surface area (Å²) in [4.78, 5) is 2.31. The largest absolute Gasteiger partial charge is 0.493 e. The number of benzene rings is 2. The van der Waals surface area contributed by atoms with E-state index in [2.05, 4.69) is 82.5 Å². The van der Waals surface area contributed by atoms with E-state index in [-0.39, 0.29) is 0 Å². The van der Waals surface area contributed by atoms with Crippen molar-refractivity contribution in [1.82, 2.24) is 4.90 Å². The molecule has 0 radical (unpaired) electrons. The summed E-state index contributed by atoms with van der Waals surface area (Å²) < 4.78 is 6.67. The summed E-state index contributed by atoms with van der Waals surface area (Å²) in [5.41, 5.74) is 3.92. The summed E-state index contributed by atoms with van der Waals surface area (Å²) in [5.74, 6) is 1.06. The van der Waals surface area contributed by atoms with Gasteiger partial charge in [0.15, 0.2) is 0 Å². The maximum absolute atomic E-state index is 5.55. The van der Waals surface area contributed by atoms with Crippen molar-refractivity contribution < 1.29 is 4.74 Å². The van der Waals surface area contributed by atoms with E-state index in [9.17, 15) is 0 Å². The van der Waals surface area contributed by atoms with Crippen LogP contribution in [-0.2, 0) is 13.0 Å². The smallest absolute Gasteiger partial charge is 0.122 e. The molecule has 0 aromatic heterocycles. The average molecular weight is 358 g/mol. The molecule has 1 aliphatic heterocycles. The van der Waals surface area contributed by atoms with Crippen LogP contribution in [0.2, 0.25) is 0 Å². The number of likely N-dealkylation sites (N-methyl/N-ethyl adjacent to an activating group) is 1. The van der Waals surface area contributed by atoms with E-state index >= 15 is 0 Å². The molecule has 0 amide bonds. The molecule has 3 rings (SSSR count). The number of halogens is 1. The molecule has 2 nitrogen and oxygen atoms in total. The second kappa shape index (κ2) is 7.12. The van der Waals surface area contributed by atoms with Crippen molar-refractivity contribution in [1.29, 1.82) is 0 Å². The van der Waals surface area contributed by atoms with Gasteiger partial charge in [0.1, 0.15) is 5.75 Å². The third kappa shape index (κ3) is 3.99. The minimum Gasteiger partial charge on any atom is -0.493 e. The minimum absolute atomic E-state index is 0.824. The maximum Gasteiger partial charge on any atom is 0.122 e. The summed E-state index contributed by atoms with van der Waals surface area (Å²) in [6.07, 6.45) is 5.41. The van der Waals surface area contributed by atoms with Gasteiger partial charge in [0, 0.05) is 24.0 Å². The highest BCUT2D eigenvalue weighted by molar-refractivity contribution is 9.10. The third-order valence-corrected chi connectivity index (χ3v) is 4.33. The molecule has 0 atom stereocenters. The van der Waals surface area contributed by atoms with E-state index in [4.69, 9.17) is 4.74 Å². The van der Waals surface area contributed by atoms with Gasteiger partial charge in [-0.1, -0.05) is 52.3 Å². The zero-order valence-corrected chi connectivity index (χ0v) is 14.3. The SMILES string of the molecule is CN(CC=Cc1ccc(Br)cc1)Cc1ccc2c(c1)CCO2. The highest BCUT2D eigenvalue weighted by Gasteiger charge is 2.12. The fourth-order valence-electron chi connectivity index (χ4n) is 2.66. The van der Waals surface area contributed by atoms with Crippen molar-refractivity contribution in [2.45, 2.75) is 13.0 Å². The van der Waals surface area contributed by atoms with Gasteiger partial charge in [0.2, 0.25) is 0 Å². The van der Waals surface area contributed by atoms with Gasteiger partial charge in [-0.3, -0.25) is 4.90 Å². The van der Waals surface area contributed by atoms with Crippen LogP contribution in [-0.4, -0.2) is 25.1 Å². The van der Waals surface area contributed by atoms with Gasteiger partial charge >= 0.3 is 0 Å². The number of nitrogens with zero attached hydrogens (tertiary/aromatic N) is 1. The molecular formula is C19H20BrNO. The summed E-state index contributed by atoms with van der Waals surface area (Å²) in [7, 11) is 2.15. The van der Waals surface area contributed by atoms with E-state index in [0.29, 0.717) is 0 Å². The fourth-order valence-corrected chi connectivity index (χ4v) is 2.92. The lowest BCUT2D eigenvalue weighted by molar-refractivity contribution is 0.356. The van der Waals surface area contributed by atoms with E-state index in [1.54, 1.807) is 0 Å². The fraction of sp³-hybridized carbons (Fsp3) is 0.263. The first-order chi connectivity index (χ1) is 10.7. The third-order valence-electron chi connectivity index (χ3n) is 3.80. The van der Waals surface area contributed by atoms with Crippen LogP contribution >= 0.6 is 15.9 Å². The van der Waals surface area contributed by atoms with Crippen molar-refractivity contribution in [3.63, 3.8) is 0 Å². The molecule has 0 aliphatic carbocycles. The predicted octanol–water partition coefficient (Wildman–Crippen LogP) is 4.53. The van der Waals surface area contributed by atoms with Crippen LogP contribution in [0.3, 0.4) is 0 Å². The highest BCUT2D eigenvalue weighted by Crippen LogP contribution is 2.26. The molecule has 0 bridgehead atoms. The molecule has 2 aromatic rings. The Hall–Kier alpha value is -1.58. The van der Waals surface area contributed by atoms with Crippen LogP contribution in [0.25, 0.3) is 6.08 Å². The quantitative estimate of drug-likeness (QED) is 0.779. The van der Waals surface area contributed by atoms with Gasteiger partial charge < -0.3 is 4.74 Å². The molecule has 22 heavy (non-hydrogen) atoms. The number of fused-ring (bicyclic) bond motifs is 1. The number of rotatable bonds is 5. The van der Waals surface area contributed by atoms with Crippen LogP contribution in [0.15, 0.2) is 53.0 Å². The Morgan fingerprint density at radius 2 is 2.00 bits per heavy atom.